The number of para-hydroxylation sites is 1. The Balaban J connectivity index is 1.09. The SMILES string of the molecule is Cc1ccccc1NC(=O)Nc1ccc(CC(=O)N[C@@H](CCCCNC(=O)CCCCCN(CC(=O)O)Cc2ccccn2)C(=O)N[C@@H](CC=O)c2ccc3c(c2)OCO3)cc1. The Kier molecular flexibility index (Phi) is 18.2. The lowest BCUT2D eigenvalue weighted by molar-refractivity contribution is -0.138. The lowest BCUT2D eigenvalue weighted by Crippen LogP contribution is -2.48. The van der Waals surface area contributed by atoms with Gasteiger partial charge in [0, 0.05) is 43.5 Å². The molecule has 16 nitrogen and oxygen atoms in total. The van der Waals surface area contributed by atoms with Gasteiger partial charge in [-0.25, -0.2) is 4.79 Å². The molecule has 3 aromatic carbocycles. The molecule has 1 aromatic heterocycles. The number of hydrogen-bond acceptors (Lipinski definition) is 10. The van der Waals surface area contributed by atoms with Gasteiger partial charge in [-0.1, -0.05) is 48.9 Å². The third-order valence-electron chi connectivity index (χ3n) is 10.2. The predicted molar refractivity (Wildman–Crippen MR) is 233 cm³/mol. The lowest BCUT2D eigenvalue weighted by atomic mass is 10.0. The molecule has 328 valence electrons. The topological polar surface area (TPSA) is 217 Å². The molecule has 4 aromatic rings. The van der Waals surface area contributed by atoms with Gasteiger partial charge in [-0.05, 0) is 105 Å². The van der Waals surface area contributed by atoms with Crippen LogP contribution >= 0.6 is 0 Å². The van der Waals surface area contributed by atoms with Crippen molar-refractivity contribution in [2.75, 3.05) is 37.1 Å². The summed E-state index contributed by atoms with van der Waals surface area (Å²) in [5.41, 5.74) is 4.25. The van der Waals surface area contributed by atoms with E-state index in [2.05, 4.69) is 31.6 Å². The number of aliphatic carboxylic acids is 1. The van der Waals surface area contributed by atoms with E-state index in [0.29, 0.717) is 85.6 Å². The van der Waals surface area contributed by atoms with Crippen LogP contribution in [0.1, 0.15) is 79.8 Å². The molecule has 0 fully saturated rings. The normalized spacial score (nSPS) is 12.5. The Morgan fingerprint density at radius 2 is 1.63 bits per heavy atom. The largest absolute Gasteiger partial charge is 0.480 e. The summed E-state index contributed by atoms with van der Waals surface area (Å²) in [6, 6.07) is 22.9. The van der Waals surface area contributed by atoms with Crippen LogP contribution in [0.15, 0.2) is 91.1 Å². The number of unbranched alkanes of at least 4 members (excludes halogenated alkanes) is 3. The van der Waals surface area contributed by atoms with Gasteiger partial charge >= 0.3 is 12.0 Å². The zero-order chi connectivity index (χ0) is 44.1. The average molecular weight is 850 g/mol. The van der Waals surface area contributed by atoms with Crippen molar-refractivity contribution in [3.8, 4) is 11.5 Å². The van der Waals surface area contributed by atoms with E-state index >= 15 is 0 Å². The third-order valence-corrected chi connectivity index (χ3v) is 10.2. The monoisotopic (exact) mass is 849 g/mol. The van der Waals surface area contributed by atoms with Gasteiger partial charge in [-0.2, -0.15) is 0 Å². The highest BCUT2D eigenvalue weighted by molar-refractivity contribution is 6.00. The second-order valence-corrected chi connectivity index (χ2v) is 15.0. The Morgan fingerprint density at radius 3 is 2.39 bits per heavy atom. The fourth-order valence-electron chi connectivity index (χ4n) is 6.89. The summed E-state index contributed by atoms with van der Waals surface area (Å²) in [7, 11) is 0. The van der Waals surface area contributed by atoms with Gasteiger partial charge in [-0.3, -0.25) is 29.1 Å². The van der Waals surface area contributed by atoms with E-state index in [4.69, 9.17) is 9.47 Å². The van der Waals surface area contributed by atoms with E-state index in [1.165, 1.54) is 0 Å². The Labute approximate surface area is 361 Å². The van der Waals surface area contributed by atoms with Crippen LogP contribution in [0.2, 0.25) is 0 Å². The number of aromatic nitrogens is 1. The van der Waals surface area contributed by atoms with E-state index in [-0.39, 0.29) is 38.5 Å². The molecule has 2 atom stereocenters. The first kappa shape index (κ1) is 46.3. The summed E-state index contributed by atoms with van der Waals surface area (Å²) >= 11 is 0. The number of benzene rings is 3. The number of carboxylic acids is 1. The van der Waals surface area contributed by atoms with Gasteiger partial charge in [0.15, 0.2) is 11.5 Å². The number of nitrogens with zero attached hydrogens (tertiary/aromatic N) is 2. The molecule has 0 saturated carbocycles. The number of carbonyl (C=O) groups is 6. The third kappa shape index (κ3) is 15.7. The minimum Gasteiger partial charge on any atom is -0.480 e. The number of anilines is 2. The van der Waals surface area contributed by atoms with Crippen molar-refractivity contribution in [1.29, 1.82) is 0 Å². The van der Waals surface area contributed by atoms with Crippen molar-refractivity contribution in [3.63, 3.8) is 0 Å². The molecular formula is C46H55N7O9. The molecule has 0 aliphatic carbocycles. The fraction of sp³-hybridized carbons (Fsp3) is 0.370. The molecule has 62 heavy (non-hydrogen) atoms. The molecule has 2 heterocycles. The number of ether oxygens (including phenoxy) is 2. The molecule has 0 radical (unpaired) electrons. The molecular weight excluding hydrogens is 795 g/mol. The number of amides is 5. The van der Waals surface area contributed by atoms with E-state index < -0.39 is 35.9 Å². The van der Waals surface area contributed by atoms with Crippen molar-refractivity contribution in [2.45, 2.75) is 83.3 Å². The van der Waals surface area contributed by atoms with E-state index in [1.807, 2.05) is 54.3 Å². The summed E-state index contributed by atoms with van der Waals surface area (Å²) in [5, 5.41) is 23.6. The predicted octanol–water partition coefficient (Wildman–Crippen LogP) is 5.67. The molecule has 0 saturated heterocycles. The van der Waals surface area contributed by atoms with Crippen LogP contribution < -0.4 is 36.1 Å². The smallest absolute Gasteiger partial charge is 0.323 e. The summed E-state index contributed by atoms with van der Waals surface area (Å²) in [6.07, 6.45) is 6.15. The summed E-state index contributed by atoms with van der Waals surface area (Å²) in [5.74, 6) is -0.796. The Bertz CT molecular complexity index is 2120. The number of aldehydes is 1. The maximum absolute atomic E-state index is 13.8. The lowest BCUT2D eigenvalue weighted by Gasteiger charge is -2.23. The first-order chi connectivity index (χ1) is 30.1. The molecule has 6 N–H and O–H groups in total. The van der Waals surface area contributed by atoms with E-state index in [9.17, 15) is 33.9 Å². The van der Waals surface area contributed by atoms with Crippen molar-refractivity contribution in [3.05, 3.63) is 114 Å². The number of pyridine rings is 1. The average Bonchev–Trinajstić information content (AvgIpc) is 3.73. The van der Waals surface area contributed by atoms with Crippen molar-refractivity contribution in [1.82, 2.24) is 25.8 Å². The molecule has 0 unspecified atom stereocenters. The first-order valence-corrected chi connectivity index (χ1v) is 20.8. The van der Waals surface area contributed by atoms with Gasteiger partial charge in [0.25, 0.3) is 0 Å². The molecule has 16 heteroatoms. The van der Waals surface area contributed by atoms with Crippen LogP contribution in [0.5, 0.6) is 11.5 Å². The van der Waals surface area contributed by atoms with Crippen LogP contribution in [0.3, 0.4) is 0 Å². The molecule has 5 amide bonds. The maximum atomic E-state index is 13.8. The standard InChI is InChI=1S/C46H55N7O9/c1-32-11-4-5-13-37(32)52-46(60)49-35-19-16-33(17-20-35)27-43(56)50-39(45(59)51-38(22-26-54)34-18-21-40-41(28-34)62-31-61-40)14-7-9-24-48-42(55)15-3-2-10-25-53(30-44(57)58)29-36-12-6-8-23-47-36/h4-6,8,11-13,16-21,23,26,28,38-39H,2-3,7,9-10,14-15,22,24-25,27,29-31H2,1H3,(H,48,55)(H,50,56)(H,51,59)(H,57,58)(H2,49,52,60)/t38-,39-/m0/s1. The zero-order valence-electron chi connectivity index (χ0n) is 34.9. The number of hydrogen-bond donors (Lipinski definition) is 6. The second-order valence-electron chi connectivity index (χ2n) is 15.0. The van der Waals surface area contributed by atoms with Crippen LogP contribution in [-0.4, -0.2) is 83.5 Å². The maximum Gasteiger partial charge on any atom is 0.323 e. The van der Waals surface area contributed by atoms with Crippen molar-refractivity contribution < 1.29 is 43.3 Å². The first-order valence-electron chi connectivity index (χ1n) is 20.8. The number of rotatable bonds is 25. The quantitative estimate of drug-likeness (QED) is 0.0353. The Hall–Kier alpha value is -6.81. The summed E-state index contributed by atoms with van der Waals surface area (Å²) in [6.45, 7) is 3.26. The van der Waals surface area contributed by atoms with E-state index in [0.717, 1.165) is 24.1 Å². The molecule has 1 aliphatic rings. The highest BCUT2D eigenvalue weighted by atomic mass is 16.7. The number of fused-ring (bicyclic) bond motifs is 1. The van der Waals surface area contributed by atoms with Crippen LogP contribution in [0.25, 0.3) is 0 Å². The fourth-order valence-corrected chi connectivity index (χ4v) is 6.89. The van der Waals surface area contributed by atoms with E-state index in [1.54, 1.807) is 48.7 Å². The molecule has 0 bridgehead atoms. The number of aryl methyl sites for hydroxylation is 1. The highest BCUT2D eigenvalue weighted by Crippen LogP contribution is 2.34. The van der Waals surface area contributed by atoms with Gasteiger partial charge in [-0.15, -0.1) is 0 Å². The van der Waals surface area contributed by atoms with Gasteiger partial charge < -0.3 is 46.0 Å². The number of urea groups is 1. The van der Waals surface area contributed by atoms with Crippen LogP contribution in [0, 0.1) is 6.92 Å². The van der Waals surface area contributed by atoms with Crippen LogP contribution in [0.4, 0.5) is 16.2 Å². The minimum absolute atomic E-state index is 0.00674. The highest BCUT2D eigenvalue weighted by Gasteiger charge is 2.25. The molecule has 1 aliphatic heterocycles. The Morgan fingerprint density at radius 1 is 0.839 bits per heavy atom. The summed E-state index contributed by atoms with van der Waals surface area (Å²) < 4.78 is 10.9. The van der Waals surface area contributed by atoms with Gasteiger partial charge in [0.2, 0.25) is 24.5 Å². The van der Waals surface area contributed by atoms with Crippen LogP contribution in [-0.2, 0) is 36.9 Å². The molecule has 0 spiro atoms. The number of nitrogens with one attached hydrogen (secondary N) is 5. The number of carboxylic acid groups (broad SMARTS) is 1. The minimum atomic E-state index is -0.939. The molecule has 5 rings (SSSR count). The second kappa shape index (κ2) is 24.4. The van der Waals surface area contributed by atoms with Gasteiger partial charge in [0.05, 0.1) is 24.7 Å². The summed E-state index contributed by atoms with van der Waals surface area (Å²) in [4.78, 5) is 81.5. The van der Waals surface area contributed by atoms with Gasteiger partial charge in [0.1, 0.15) is 12.3 Å². The number of carbonyl (C=O) groups excluding carboxylic acids is 5. The van der Waals surface area contributed by atoms with Crippen molar-refractivity contribution >= 4 is 47.4 Å². The zero-order valence-corrected chi connectivity index (χ0v) is 34.9. The van der Waals surface area contributed by atoms with Crippen molar-refractivity contribution in [2.24, 2.45) is 0 Å².